The molecule has 0 aliphatic rings. The smallest absolute Gasteiger partial charge is 0.303 e. The molecule has 0 aliphatic heterocycles. The number of benzene rings is 2. The highest BCUT2D eigenvalue weighted by molar-refractivity contribution is 5.84. The van der Waals surface area contributed by atoms with Crippen LogP contribution in [0.15, 0.2) is 42.5 Å². The van der Waals surface area contributed by atoms with Crippen molar-refractivity contribution >= 4 is 28.5 Å². The molecule has 1 heterocycles. The zero-order valence-electron chi connectivity index (χ0n) is 21.0. The molecule has 0 bridgehead atoms. The SMILES string of the molecule is CCCCc1nc2ccc(NCC(=O)CC)cc2n1Cc1ccc(OCCC(C)CC(=O)O)cc1. The molecule has 1 unspecified atom stereocenters. The van der Waals surface area contributed by atoms with Crippen molar-refractivity contribution in [2.24, 2.45) is 5.92 Å². The predicted octanol–water partition coefficient (Wildman–Crippen LogP) is 5.70. The van der Waals surface area contributed by atoms with Crippen molar-refractivity contribution in [3.8, 4) is 5.75 Å². The summed E-state index contributed by atoms with van der Waals surface area (Å²) in [4.78, 5) is 27.4. The van der Waals surface area contributed by atoms with Crippen LogP contribution in [0.5, 0.6) is 5.75 Å². The number of rotatable bonds is 15. The Bertz CT molecular complexity index is 1120. The molecular formula is C28H37N3O4. The summed E-state index contributed by atoms with van der Waals surface area (Å²) in [6, 6.07) is 14.1. The first-order valence-corrected chi connectivity index (χ1v) is 12.6. The maximum absolute atomic E-state index is 11.7. The number of ether oxygens (including phenoxy) is 1. The van der Waals surface area contributed by atoms with Crippen LogP contribution in [0.2, 0.25) is 0 Å². The third-order valence-electron chi connectivity index (χ3n) is 6.13. The van der Waals surface area contributed by atoms with Gasteiger partial charge in [-0.05, 0) is 54.7 Å². The Morgan fingerprint density at radius 3 is 2.60 bits per heavy atom. The Hall–Kier alpha value is -3.35. The Labute approximate surface area is 207 Å². The number of aromatic nitrogens is 2. The second-order valence-corrected chi connectivity index (χ2v) is 9.15. The lowest BCUT2D eigenvalue weighted by Gasteiger charge is -2.12. The van der Waals surface area contributed by atoms with Gasteiger partial charge in [0.1, 0.15) is 11.6 Å². The van der Waals surface area contributed by atoms with E-state index in [1.54, 1.807) is 0 Å². The molecule has 0 radical (unpaired) electrons. The summed E-state index contributed by atoms with van der Waals surface area (Å²) in [6.45, 7) is 7.50. The fraction of sp³-hybridized carbons (Fsp3) is 0.464. The molecule has 3 rings (SSSR count). The molecule has 3 aromatic rings. The van der Waals surface area contributed by atoms with Gasteiger partial charge in [-0.2, -0.15) is 0 Å². The number of aliphatic carboxylic acids is 1. The Balaban J connectivity index is 1.73. The van der Waals surface area contributed by atoms with Gasteiger partial charge in [0.15, 0.2) is 5.78 Å². The van der Waals surface area contributed by atoms with Crippen molar-refractivity contribution in [3.05, 3.63) is 53.9 Å². The van der Waals surface area contributed by atoms with Crippen LogP contribution in [0.1, 0.15) is 64.3 Å². The number of imidazole rings is 1. The first-order chi connectivity index (χ1) is 16.9. The molecular weight excluding hydrogens is 442 g/mol. The summed E-state index contributed by atoms with van der Waals surface area (Å²) >= 11 is 0. The minimum Gasteiger partial charge on any atom is -0.494 e. The van der Waals surface area contributed by atoms with E-state index in [-0.39, 0.29) is 18.1 Å². The van der Waals surface area contributed by atoms with Crippen LogP contribution in [-0.4, -0.2) is 39.6 Å². The first-order valence-electron chi connectivity index (χ1n) is 12.6. The molecule has 0 saturated carbocycles. The molecule has 35 heavy (non-hydrogen) atoms. The molecule has 2 aromatic carbocycles. The lowest BCUT2D eigenvalue weighted by molar-refractivity contribution is -0.138. The monoisotopic (exact) mass is 479 g/mol. The van der Waals surface area contributed by atoms with E-state index in [9.17, 15) is 9.59 Å². The van der Waals surface area contributed by atoms with Crippen LogP contribution in [0.25, 0.3) is 11.0 Å². The van der Waals surface area contributed by atoms with E-state index in [4.69, 9.17) is 14.8 Å². The zero-order chi connectivity index (χ0) is 25.2. The zero-order valence-corrected chi connectivity index (χ0v) is 21.0. The molecule has 0 fully saturated rings. The second-order valence-electron chi connectivity index (χ2n) is 9.15. The normalized spacial score (nSPS) is 12.0. The third kappa shape index (κ3) is 7.84. The van der Waals surface area contributed by atoms with Gasteiger partial charge in [0.05, 0.1) is 24.2 Å². The molecule has 0 spiro atoms. The molecule has 1 aromatic heterocycles. The number of carbonyl (C=O) groups is 2. The van der Waals surface area contributed by atoms with Crippen molar-refractivity contribution in [1.29, 1.82) is 0 Å². The van der Waals surface area contributed by atoms with Gasteiger partial charge in [-0.3, -0.25) is 9.59 Å². The van der Waals surface area contributed by atoms with Gasteiger partial charge in [0, 0.05) is 31.5 Å². The summed E-state index contributed by atoms with van der Waals surface area (Å²) in [5.74, 6) is 1.34. The van der Waals surface area contributed by atoms with E-state index < -0.39 is 5.97 Å². The molecule has 7 nitrogen and oxygen atoms in total. The second kappa shape index (κ2) is 12.9. The molecule has 0 aliphatic carbocycles. The first kappa shape index (κ1) is 26.3. The number of carboxylic acid groups (broad SMARTS) is 1. The van der Waals surface area contributed by atoms with E-state index in [2.05, 4.69) is 35.0 Å². The van der Waals surface area contributed by atoms with Crippen LogP contribution >= 0.6 is 0 Å². The molecule has 0 saturated heterocycles. The molecule has 7 heteroatoms. The quantitative estimate of drug-likeness (QED) is 0.290. The van der Waals surface area contributed by atoms with Gasteiger partial charge in [-0.15, -0.1) is 0 Å². The van der Waals surface area contributed by atoms with Crippen LogP contribution in [-0.2, 0) is 22.6 Å². The molecule has 0 amide bonds. The summed E-state index contributed by atoms with van der Waals surface area (Å²) in [5.41, 5.74) is 4.08. The van der Waals surface area contributed by atoms with Gasteiger partial charge in [0.25, 0.3) is 0 Å². The largest absolute Gasteiger partial charge is 0.494 e. The van der Waals surface area contributed by atoms with Crippen LogP contribution in [0, 0.1) is 5.92 Å². The van der Waals surface area contributed by atoms with E-state index in [1.165, 1.54) is 0 Å². The van der Waals surface area contributed by atoms with Gasteiger partial charge in [0.2, 0.25) is 0 Å². The summed E-state index contributed by atoms with van der Waals surface area (Å²) in [5, 5.41) is 12.1. The van der Waals surface area contributed by atoms with E-state index in [0.717, 1.165) is 53.1 Å². The van der Waals surface area contributed by atoms with Crippen molar-refractivity contribution < 1.29 is 19.4 Å². The number of nitrogens with zero attached hydrogens (tertiary/aromatic N) is 2. The Morgan fingerprint density at radius 2 is 1.91 bits per heavy atom. The number of ketones is 1. The number of anilines is 1. The highest BCUT2D eigenvalue weighted by Gasteiger charge is 2.13. The van der Waals surface area contributed by atoms with Crippen LogP contribution < -0.4 is 10.1 Å². The standard InChI is InChI=1S/C28H37N3O4/c1-4-6-7-27-30-25-13-10-22(29-18-23(32)5-2)17-26(25)31(27)19-21-8-11-24(12-9-21)35-15-14-20(3)16-28(33)34/h8-13,17,20,29H,4-7,14-16,18-19H2,1-3H3,(H,33,34). The van der Waals surface area contributed by atoms with Gasteiger partial charge in [-0.1, -0.05) is 39.3 Å². The van der Waals surface area contributed by atoms with Crippen molar-refractivity contribution in [1.82, 2.24) is 9.55 Å². The third-order valence-corrected chi connectivity index (χ3v) is 6.13. The number of fused-ring (bicyclic) bond motifs is 1. The number of nitrogens with one attached hydrogen (secondary N) is 1. The topological polar surface area (TPSA) is 93.5 Å². The summed E-state index contributed by atoms with van der Waals surface area (Å²) in [6.07, 6.45) is 4.48. The highest BCUT2D eigenvalue weighted by Crippen LogP contribution is 2.24. The molecule has 1 atom stereocenters. The van der Waals surface area contributed by atoms with Crippen molar-refractivity contribution in [3.63, 3.8) is 0 Å². The number of unbranched alkanes of at least 4 members (excludes halogenated alkanes) is 1. The van der Waals surface area contributed by atoms with Crippen LogP contribution in [0.4, 0.5) is 5.69 Å². The Morgan fingerprint density at radius 1 is 1.14 bits per heavy atom. The van der Waals surface area contributed by atoms with Crippen LogP contribution in [0.3, 0.4) is 0 Å². The average Bonchev–Trinajstić information content (AvgIpc) is 3.18. The number of carboxylic acids is 1. The van der Waals surface area contributed by atoms with Gasteiger partial charge >= 0.3 is 5.97 Å². The highest BCUT2D eigenvalue weighted by atomic mass is 16.5. The number of Topliss-reactive ketones (excluding diaryl/α,β-unsaturated/α-hetero) is 1. The van der Waals surface area contributed by atoms with E-state index in [1.807, 2.05) is 38.1 Å². The lowest BCUT2D eigenvalue weighted by atomic mass is 10.1. The fourth-order valence-electron chi connectivity index (χ4n) is 3.96. The van der Waals surface area contributed by atoms with Crippen molar-refractivity contribution in [2.75, 3.05) is 18.5 Å². The number of hydrogen-bond acceptors (Lipinski definition) is 5. The molecule has 188 valence electrons. The maximum atomic E-state index is 11.7. The number of hydrogen-bond donors (Lipinski definition) is 2. The number of carbonyl (C=O) groups excluding carboxylic acids is 1. The van der Waals surface area contributed by atoms with Gasteiger partial charge < -0.3 is 19.7 Å². The minimum atomic E-state index is -0.774. The van der Waals surface area contributed by atoms with E-state index >= 15 is 0 Å². The maximum Gasteiger partial charge on any atom is 0.303 e. The van der Waals surface area contributed by atoms with Crippen molar-refractivity contribution in [2.45, 2.75) is 65.8 Å². The summed E-state index contributed by atoms with van der Waals surface area (Å²) in [7, 11) is 0. The lowest BCUT2D eigenvalue weighted by Crippen LogP contribution is -2.12. The fourth-order valence-corrected chi connectivity index (χ4v) is 3.96. The average molecular weight is 480 g/mol. The predicted molar refractivity (Wildman–Crippen MR) is 139 cm³/mol. The molecule has 2 N–H and O–H groups in total. The van der Waals surface area contributed by atoms with Gasteiger partial charge in [-0.25, -0.2) is 4.98 Å². The minimum absolute atomic E-state index is 0.0855. The Kier molecular flexibility index (Phi) is 9.70. The number of aryl methyl sites for hydroxylation is 1. The van der Waals surface area contributed by atoms with E-state index in [0.29, 0.717) is 32.5 Å². The summed E-state index contributed by atoms with van der Waals surface area (Å²) < 4.78 is 8.08.